The summed E-state index contributed by atoms with van der Waals surface area (Å²) in [6.45, 7) is 0.644. The van der Waals surface area contributed by atoms with Gasteiger partial charge in [0.05, 0.1) is 18.4 Å². The SMILES string of the molecule is COc1ccccc1-c1nnc(SCC(=O)NCCc2cccs2)n1C. The molecule has 26 heavy (non-hydrogen) atoms. The smallest absolute Gasteiger partial charge is 0.230 e. The van der Waals surface area contributed by atoms with Gasteiger partial charge in [-0.15, -0.1) is 21.5 Å². The Hall–Kier alpha value is -2.32. The van der Waals surface area contributed by atoms with E-state index in [0.717, 1.165) is 17.7 Å². The van der Waals surface area contributed by atoms with E-state index in [4.69, 9.17) is 4.74 Å². The number of carbonyl (C=O) groups is 1. The van der Waals surface area contributed by atoms with Crippen LogP contribution in [0.2, 0.25) is 0 Å². The number of nitrogens with zero attached hydrogens (tertiary/aromatic N) is 3. The van der Waals surface area contributed by atoms with E-state index in [2.05, 4.69) is 21.6 Å². The summed E-state index contributed by atoms with van der Waals surface area (Å²) in [6, 6.07) is 11.8. The molecule has 0 atom stereocenters. The quantitative estimate of drug-likeness (QED) is 0.601. The molecule has 3 aromatic rings. The average molecular weight is 389 g/mol. The summed E-state index contributed by atoms with van der Waals surface area (Å²) in [5, 5.41) is 14.1. The Morgan fingerprint density at radius 2 is 2.12 bits per heavy atom. The number of amides is 1. The molecule has 2 aromatic heterocycles. The third kappa shape index (κ3) is 4.44. The largest absolute Gasteiger partial charge is 0.496 e. The highest BCUT2D eigenvalue weighted by atomic mass is 32.2. The minimum absolute atomic E-state index is 0.00611. The number of carbonyl (C=O) groups excluding carboxylic acids is 1. The van der Waals surface area contributed by atoms with Crippen molar-refractivity contribution in [2.75, 3.05) is 19.4 Å². The number of para-hydroxylation sites is 1. The lowest BCUT2D eigenvalue weighted by molar-refractivity contribution is -0.118. The molecule has 1 amide bonds. The van der Waals surface area contributed by atoms with Crippen LogP contribution in [0.1, 0.15) is 4.88 Å². The predicted octanol–water partition coefficient (Wildman–Crippen LogP) is 3.00. The van der Waals surface area contributed by atoms with Crippen LogP contribution in [-0.2, 0) is 18.3 Å². The first-order chi connectivity index (χ1) is 12.7. The maximum atomic E-state index is 12.0. The van der Waals surface area contributed by atoms with Crippen LogP contribution in [0.3, 0.4) is 0 Å². The van der Waals surface area contributed by atoms with Gasteiger partial charge in [-0.1, -0.05) is 30.0 Å². The molecule has 0 aliphatic rings. The Labute approximate surface area is 160 Å². The van der Waals surface area contributed by atoms with Crippen molar-refractivity contribution in [2.24, 2.45) is 7.05 Å². The standard InChI is InChI=1S/C18H20N4O2S2/c1-22-17(14-7-3-4-8-15(14)24-2)20-21-18(22)26-12-16(23)19-10-9-13-6-5-11-25-13/h3-8,11H,9-10,12H2,1-2H3,(H,19,23). The van der Waals surface area contributed by atoms with Crippen molar-refractivity contribution in [2.45, 2.75) is 11.6 Å². The molecule has 6 nitrogen and oxygen atoms in total. The summed E-state index contributed by atoms with van der Waals surface area (Å²) in [4.78, 5) is 13.3. The molecule has 0 aliphatic heterocycles. The molecule has 0 saturated carbocycles. The number of hydrogen-bond donors (Lipinski definition) is 1. The number of methoxy groups -OCH3 is 1. The minimum Gasteiger partial charge on any atom is -0.496 e. The lowest BCUT2D eigenvalue weighted by atomic mass is 10.2. The molecule has 8 heteroatoms. The van der Waals surface area contributed by atoms with Crippen LogP contribution >= 0.6 is 23.1 Å². The molecule has 0 fully saturated rings. The predicted molar refractivity (Wildman–Crippen MR) is 105 cm³/mol. The van der Waals surface area contributed by atoms with Crippen LogP contribution in [0.15, 0.2) is 46.9 Å². The summed E-state index contributed by atoms with van der Waals surface area (Å²) in [7, 11) is 3.52. The monoisotopic (exact) mass is 388 g/mol. The molecular formula is C18H20N4O2S2. The highest BCUT2D eigenvalue weighted by molar-refractivity contribution is 7.99. The lowest BCUT2D eigenvalue weighted by Crippen LogP contribution is -2.27. The van der Waals surface area contributed by atoms with Crippen LogP contribution in [0, 0.1) is 0 Å². The van der Waals surface area contributed by atoms with E-state index in [0.29, 0.717) is 23.3 Å². The third-order valence-corrected chi connectivity index (χ3v) is 5.75. The zero-order valence-electron chi connectivity index (χ0n) is 14.6. The van der Waals surface area contributed by atoms with E-state index in [1.807, 2.05) is 47.3 Å². The van der Waals surface area contributed by atoms with Gasteiger partial charge in [-0.05, 0) is 30.0 Å². The number of aromatic nitrogens is 3. The molecule has 0 spiro atoms. The van der Waals surface area contributed by atoms with Gasteiger partial charge in [0, 0.05) is 18.5 Å². The summed E-state index contributed by atoms with van der Waals surface area (Å²) in [5.41, 5.74) is 0.872. The van der Waals surface area contributed by atoms with Gasteiger partial charge < -0.3 is 14.6 Å². The summed E-state index contributed by atoms with van der Waals surface area (Å²) < 4.78 is 7.26. The van der Waals surface area contributed by atoms with Crippen LogP contribution in [0.4, 0.5) is 0 Å². The van der Waals surface area contributed by atoms with Gasteiger partial charge in [-0.25, -0.2) is 0 Å². The Balaban J connectivity index is 1.56. The van der Waals surface area contributed by atoms with Crippen molar-refractivity contribution in [3.05, 3.63) is 46.7 Å². The molecule has 1 aromatic carbocycles. The second-order valence-corrected chi connectivity index (χ2v) is 7.51. The molecule has 1 N–H and O–H groups in total. The van der Waals surface area contributed by atoms with Crippen molar-refractivity contribution in [1.82, 2.24) is 20.1 Å². The number of benzene rings is 1. The molecule has 0 aliphatic carbocycles. The maximum absolute atomic E-state index is 12.0. The Kier molecular flexibility index (Phi) is 6.30. The number of nitrogens with one attached hydrogen (secondary N) is 1. The number of ether oxygens (including phenoxy) is 1. The van der Waals surface area contributed by atoms with Gasteiger partial charge in [-0.2, -0.15) is 0 Å². The van der Waals surface area contributed by atoms with E-state index >= 15 is 0 Å². The normalized spacial score (nSPS) is 10.7. The van der Waals surface area contributed by atoms with Crippen molar-refractivity contribution >= 4 is 29.0 Å². The van der Waals surface area contributed by atoms with Gasteiger partial charge in [0.1, 0.15) is 5.75 Å². The van der Waals surface area contributed by atoms with Gasteiger partial charge in [0.25, 0.3) is 0 Å². The molecule has 0 radical (unpaired) electrons. The zero-order chi connectivity index (χ0) is 18.4. The van der Waals surface area contributed by atoms with Crippen molar-refractivity contribution < 1.29 is 9.53 Å². The Bertz CT molecular complexity index is 862. The highest BCUT2D eigenvalue weighted by Crippen LogP contribution is 2.29. The van der Waals surface area contributed by atoms with Crippen molar-refractivity contribution in [3.63, 3.8) is 0 Å². The van der Waals surface area contributed by atoms with Crippen LogP contribution in [0.5, 0.6) is 5.75 Å². The zero-order valence-corrected chi connectivity index (χ0v) is 16.3. The van der Waals surface area contributed by atoms with Gasteiger partial charge in [0.15, 0.2) is 11.0 Å². The molecule has 0 bridgehead atoms. The van der Waals surface area contributed by atoms with E-state index in [9.17, 15) is 4.79 Å². The van der Waals surface area contributed by atoms with Crippen LogP contribution < -0.4 is 10.1 Å². The fourth-order valence-electron chi connectivity index (χ4n) is 2.47. The van der Waals surface area contributed by atoms with E-state index in [1.165, 1.54) is 16.6 Å². The van der Waals surface area contributed by atoms with E-state index in [-0.39, 0.29) is 5.91 Å². The topological polar surface area (TPSA) is 69.0 Å². The Morgan fingerprint density at radius 1 is 1.27 bits per heavy atom. The minimum atomic E-state index is -0.00611. The number of thioether (sulfide) groups is 1. The second kappa shape index (κ2) is 8.86. The first-order valence-corrected chi connectivity index (χ1v) is 10.00. The fourth-order valence-corrected chi connectivity index (χ4v) is 3.92. The summed E-state index contributed by atoms with van der Waals surface area (Å²) >= 11 is 3.07. The molecule has 3 rings (SSSR count). The molecule has 0 saturated heterocycles. The fraction of sp³-hybridized carbons (Fsp3) is 0.278. The first kappa shape index (κ1) is 18.5. The van der Waals surface area contributed by atoms with Gasteiger partial charge >= 0.3 is 0 Å². The Morgan fingerprint density at radius 3 is 2.88 bits per heavy atom. The summed E-state index contributed by atoms with van der Waals surface area (Å²) in [6.07, 6.45) is 0.857. The number of thiophene rings is 1. The molecular weight excluding hydrogens is 368 g/mol. The van der Waals surface area contributed by atoms with Gasteiger partial charge in [0.2, 0.25) is 5.91 Å². The molecule has 136 valence electrons. The number of rotatable bonds is 8. The van der Waals surface area contributed by atoms with Crippen molar-refractivity contribution in [1.29, 1.82) is 0 Å². The van der Waals surface area contributed by atoms with Gasteiger partial charge in [-0.3, -0.25) is 4.79 Å². The van der Waals surface area contributed by atoms with E-state index < -0.39 is 0 Å². The summed E-state index contributed by atoms with van der Waals surface area (Å²) in [5.74, 6) is 1.75. The van der Waals surface area contributed by atoms with Crippen molar-refractivity contribution in [3.8, 4) is 17.1 Å². The highest BCUT2D eigenvalue weighted by Gasteiger charge is 2.15. The lowest BCUT2D eigenvalue weighted by Gasteiger charge is -2.08. The van der Waals surface area contributed by atoms with Crippen LogP contribution in [-0.4, -0.2) is 40.1 Å². The van der Waals surface area contributed by atoms with Crippen LogP contribution in [0.25, 0.3) is 11.4 Å². The van der Waals surface area contributed by atoms with E-state index in [1.54, 1.807) is 18.4 Å². The third-order valence-electron chi connectivity index (χ3n) is 3.79. The number of hydrogen-bond acceptors (Lipinski definition) is 6. The molecule has 2 heterocycles. The molecule has 0 unspecified atom stereocenters. The maximum Gasteiger partial charge on any atom is 0.230 e. The second-order valence-electron chi connectivity index (χ2n) is 5.53. The first-order valence-electron chi connectivity index (χ1n) is 8.13. The average Bonchev–Trinajstić information content (AvgIpc) is 3.30.